The third-order valence-corrected chi connectivity index (χ3v) is 2.49. The minimum Gasteiger partial charge on any atom is -0.293 e. The van der Waals surface area contributed by atoms with E-state index in [1.165, 1.54) is 0 Å². The van der Waals surface area contributed by atoms with Crippen LogP contribution in [0.3, 0.4) is 0 Å². The predicted molar refractivity (Wildman–Crippen MR) is 39.7 cm³/mol. The van der Waals surface area contributed by atoms with Crippen LogP contribution in [-0.2, 0) is 9.05 Å². The Kier molecular flexibility index (Phi) is 1.83. The highest BCUT2D eigenvalue weighted by Crippen LogP contribution is 2.22. The minimum absolute atomic E-state index is 0.154. The molecule has 0 amide bonds. The van der Waals surface area contributed by atoms with E-state index in [4.69, 9.17) is 16.1 Å². The SMILES string of the molecule is N=C(CC1C=C1)S(=O)(=O)Cl. The van der Waals surface area contributed by atoms with Gasteiger partial charge in [-0.25, -0.2) is 8.42 Å². The van der Waals surface area contributed by atoms with Crippen LogP contribution in [0.1, 0.15) is 6.42 Å². The van der Waals surface area contributed by atoms with Crippen molar-refractivity contribution in [1.82, 2.24) is 0 Å². The quantitative estimate of drug-likeness (QED) is 0.299. The first kappa shape index (κ1) is 7.75. The van der Waals surface area contributed by atoms with Gasteiger partial charge in [0, 0.05) is 23.0 Å². The van der Waals surface area contributed by atoms with Crippen LogP contribution in [0.15, 0.2) is 12.2 Å². The Morgan fingerprint density at radius 3 is 2.40 bits per heavy atom. The number of hydrogen-bond donors (Lipinski definition) is 1. The molecule has 0 radical (unpaired) electrons. The lowest BCUT2D eigenvalue weighted by molar-refractivity contribution is 0.618. The fourth-order valence-corrected chi connectivity index (χ4v) is 1.11. The summed E-state index contributed by atoms with van der Waals surface area (Å²) in [6.45, 7) is 0. The lowest BCUT2D eigenvalue weighted by atomic mass is 10.3. The Morgan fingerprint density at radius 2 is 2.10 bits per heavy atom. The van der Waals surface area contributed by atoms with Crippen molar-refractivity contribution in [2.24, 2.45) is 5.92 Å². The van der Waals surface area contributed by atoms with Crippen LogP contribution in [0.4, 0.5) is 0 Å². The van der Waals surface area contributed by atoms with Crippen molar-refractivity contribution >= 4 is 24.8 Å². The second-order valence-electron chi connectivity index (χ2n) is 2.11. The largest absolute Gasteiger partial charge is 0.293 e. The zero-order valence-corrected chi connectivity index (χ0v) is 6.61. The molecule has 0 aromatic rings. The number of rotatable bonds is 2. The molecule has 3 nitrogen and oxygen atoms in total. The van der Waals surface area contributed by atoms with Crippen LogP contribution < -0.4 is 0 Å². The Bertz CT molecular complexity index is 274. The Morgan fingerprint density at radius 1 is 1.60 bits per heavy atom. The van der Waals surface area contributed by atoms with E-state index in [-0.39, 0.29) is 12.3 Å². The third kappa shape index (κ3) is 2.11. The van der Waals surface area contributed by atoms with Gasteiger partial charge in [-0.05, 0) is 0 Å². The molecule has 1 aliphatic carbocycles. The van der Waals surface area contributed by atoms with Gasteiger partial charge in [-0.2, -0.15) is 0 Å². The van der Waals surface area contributed by atoms with Crippen molar-refractivity contribution < 1.29 is 8.42 Å². The Labute approximate surface area is 63.6 Å². The van der Waals surface area contributed by atoms with Crippen LogP contribution in [0.25, 0.3) is 0 Å². The third-order valence-electron chi connectivity index (χ3n) is 1.18. The average Bonchev–Trinajstić information content (AvgIpc) is 2.47. The molecular weight excluding hydrogens is 174 g/mol. The Balaban J connectivity index is 2.49. The van der Waals surface area contributed by atoms with E-state index in [2.05, 4.69) is 0 Å². The number of hydrogen-bond acceptors (Lipinski definition) is 3. The summed E-state index contributed by atoms with van der Waals surface area (Å²) in [6, 6.07) is 0. The van der Waals surface area contributed by atoms with E-state index in [0.717, 1.165) is 0 Å². The topological polar surface area (TPSA) is 58.0 Å². The molecule has 0 atom stereocenters. The maximum absolute atomic E-state index is 10.4. The van der Waals surface area contributed by atoms with Gasteiger partial charge in [-0.15, -0.1) is 0 Å². The molecule has 1 aliphatic rings. The lowest BCUT2D eigenvalue weighted by Gasteiger charge is -1.95. The van der Waals surface area contributed by atoms with Gasteiger partial charge >= 0.3 is 0 Å². The van der Waals surface area contributed by atoms with Crippen molar-refractivity contribution in [1.29, 1.82) is 5.41 Å². The van der Waals surface area contributed by atoms with Crippen LogP contribution in [0.2, 0.25) is 0 Å². The summed E-state index contributed by atoms with van der Waals surface area (Å²) >= 11 is 0. The zero-order valence-electron chi connectivity index (χ0n) is 5.04. The minimum atomic E-state index is -3.74. The van der Waals surface area contributed by atoms with Gasteiger partial charge in [0.1, 0.15) is 5.04 Å². The first-order valence-corrected chi connectivity index (χ1v) is 5.01. The van der Waals surface area contributed by atoms with Crippen LogP contribution in [0.5, 0.6) is 0 Å². The van der Waals surface area contributed by atoms with Gasteiger partial charge in [-0.1, -0.05) is 12.2 Å². The summed E-state index contributed by atoms with van der Waals surface area (Å²) in [6.07, 6.45) is 3.87. The standard InChI is InChI=1S/C5H6ClNO2S/c6-10(8,9)5(7)3-4-1-2-4/h1-2,4,7H,3H2. The second-order valence-corrected chi connectivity index (χ2v) is 4.70. The smallest absolute Gasteiger partial charge is 0.274 e. The number of halogens is 1. The highest BCUT2D eigenvalue weighted by Gasteiger charge is 2.20. The number of allylic oxidation sites excluding steroid dienone is 2. The van der Waals surface area contributed by atoms with E-state index in [1.807, 2.05) is 12.2 Å². The van der Waals surface area contributed by atoms with Crippen molar-refractivity contribution in [3.8, 4) is 0 Å². The molecule has 10 heavy (non-hydrogen) atoms. The summed E-state index contributed by atoms with van der Waals surface area (Å²) in [4.78, 5) is 0. The normalized spacial score (nSPS) is 17.3. The fourth-order valence-electron chi connectivity index (χ4n) is 0.528. The lowest BCUT2D eigenvalue weighted by Crippen LogP contribution is -2.07. The van der Waals surface area contributed by atoms with E-state index >= 15 is 0 Å². The maximum atomic E-state index is 10.4. The van der Waals surface area contributed by atoms with E-state index in [0.29, 0.717) is 0 Å². The maximum Gasteiger partial charge on any atom is 0.274 e. The van der Waals surface area contributed by atoms with Crippen LogP contribution in [0, 0.1) is 11.3 Å². The first-order chi connectivity index (χ1) is 4.50. The highest BCUT2D eigenvalue weighted by atomic mass is 35.7. The average molecular weight is 180 g/mol. The van der Waals surface area contributed by atoms with Gasteiger partial charge in [0.05, 0.1) is 0 Å². The van der Waals surface area contributed by atoms with E-state index in [1.54, 1.807) is 0 Å². The molecule has 0 aromatic carbocycles. The van der Waals surface area contributed by atoms with Crippen molar-refractivity contribution in [2.75, 3.05) is 0 Å². The molecule has 0 bridgehead atoms. The summed E-state index contributed by atoms with van der Waals surface area (Å²) in [5, 5.41) is 6.55. The summed E-state index contributed by atoms with van der Waals surface area (Å²) in [5.41, 5.74) is 0. The second kappa shape index (κ2) is 2.36. The molecule has 1 rings (SSSR count). The molecule has 5 heteroatoms. The van der Waals surface area contributed by atoms with Crippen molar-refractivity contribution in [3.05, 3.63) is 12.2 Å². The molecule has 0 unspecified atom stereocenters. The monoisotopic (exact) mass is 179 g/mol. The molecule has 0 spiro atoms. The first-order valence-electron chi connectivity index (χ1n) is 2.70. The highest BCUT2D eigenvalue weighted by molar-refractivity contribution is 8.25. The molecular formula is C5H6ClNO2S. The molecule has 56 valence electrons. The van der Waals surface area contributed by atoms with E-state index < -0.39 is 14.1 Å². The molecule has 0 fully saturated rings. The van der Waals surface area contributed by atoms with Gasteiger partial charge in [0.2, 0.25) is 0 Å². The van der Waals surface area contributed by atoms with Crippen LogP contribution >= 0.6 is 10.7 Å². The van der Waals surface area contributed by atoms with Gasteiger partial charge in [-0.3, -0.25) is 5.41 Å². The zero-order chi connectivity index (χ0) is 7.78. The Hall–Kier alpha value is -0.350. The molecule has 0 aliphatic heterocycles. The molecule has 0 saturated carbocycles. The van der Waals surface area contributed by atoms with Crippen molar-refractivity contribution in [2.45, 2.75) is 6.42 Å². The van der Waals surface area contributed by atoms with Gasteiger partial charge in [0.15, 0.2) is 0 Å². The summed E-state index contributed by atoms with van der Waals surface area (Å²) in [5.74, 6) is 0.154. The summed E-state index contributed by atoms with van der Waals surface area (Å²) < 4.78 is 20.8. The fraction of sp³-hybridized carbons (Fsp3) is 0.400. The van der Waals surface area contributed by atoms with E-state index in [9.17, 15) is 8.42 Å². The summed E-state index contributed by atoms with van der Waals surface area (Å²) in [7, 11) is 1.13. The van der Waals surface area contributed by atoms with Crippen LogP contribution in [-0.4, -0.2) is 13.5 Å². The predicted octanol–water partition coefficient (Wildman–Crippen LogP) is 1.11. The molecule has 0 heterocycles. The molecule has 1 N–H and O–H groups in total. The molecule has 0 saturated heterocycles. The molecule has 0 aromatic heterocycles. The number of nitrogens with one attached hydrogen (secondary N) is 1. The van der Waals surface area contributed by atoms with Gasteiger partial charge in [0.25, 0.3) is 9.05 Å². The van der Waals surface area contributed by atoms with Crippen molar-refractivity contribution in [3.63, 3.8) is 0 Å². The van der Waals surface area contributed by atoms with Gasteiger partial charge < -0.3 is 0 Å².